The number of allylic oxidation sites excluding steroid dienone is 1. The molecule has 1 aliphatic carbocycles. The van der Waals surface area contributed by atoms with E-state index in [9.17, 15) is 18.0 Å². The molecule has 4 heterocycles. The molecule has 212 valence electrons. The van der Waals surface area contributed by atoms with Crippen LogP contribution in [0, 0.1) is 5.41 Å². The van der Waals surface area contributed by atoms with E-state index in [-0.39, 0.29) is 11.0 Å². The molecule has 0 amide bonds. The van der Waals surface area contributed by atoms with Gasteiger partial charge >= 0.3 is 6.18 Å². The predicted octanol–water partition coefficient (Wildman–Crippen LogP) is 4.68. The van der Waals surface area contributed by atoms with Crippen molar-refractivity contribution in [1.82, 2.24) is 24.3 Å². The van der Waals surface area contributed by atoms with Gasteiger partial charge in [-0.15, -0.1) is 0 Å². The lowest BCUT2D eigenvalue weighted by Gasteiger charge is -2.44. The summed E-state index contributed by atoms with van der Waals surface area (Å²) in [6.45, 7) is 4.14. The Morgan fingerprint density at radius 1 is 1.10 bits per heavy atom. The number of rotatable bonds is 6. The summed E-state index contributed by atoms with van der Waals surface area (Å²) in [6, 6.07) is 7.34. The lowest BCUT2D eigenvalue weighted by molar-refractivity contribution is -0.137. The molecule has 0 spiro atoms. The fraction of sp³-hybridized carbons (Fsp3) is 0.500. The van der Waals surface area contributed by atoms with Gasteiger partial charge in [-0.3, -0.25) is 14.7 Å². The highest BCUT2D eigenvalue weighted by molar-refractivity contribution is 5.75. The number of aromatic nitrogens is 3. The third-order valence-electron chi connectivity index (χ3n) is 8.78. The van der Waals surface area contributed by atoms with Crippen LogP contribution in [0.1, 0.15) is 48.1 Å². The van der Waals surface area contributed by atoms with E-state index in [2.05, 4.69) is 25.8 Å². The molecule has 10 heteroatoms. The average Bonchev–Trinajstić information content (AvgIpc) is 3.30. The minimum absolute atomic E-state index is 0.137. The first-order valence-corrected chi connectivity index (χ1v) is 13.9. The van der Waals surface area contributed by atoms with E-state index in [1.807, 2.05) is 12.1 Å². The van der Waals surface area contributed by atoms with Gasteiger partial charge in [0.25, 0.3) is 5.56 Å². The number of fused-ring (bicyclic) bond motifs is 2. The van der Waals surface area contributed by atoms with Gasteiger partial charge in [-0.05, 0) is 61.6 Å². The van der Waals surface area contributed by atoms with E-state index in [0.717, 1.165) is 80.3 Å². The summed E-state index contributed by atoms with van der Waals surface area (Å²) < 4.78 is 47.8. The van der Waals surface area contributed by atoms with Crippen molar-refractivity contribution in [2.45, 2.75) is 51.4 Å². The summed E-state index contributed by atoms with van der Waals surface area (Å²) in [5.41, 5.74) is 5.75. The van der Waals surface area contributed by atoms with Gasteiger partial charge in [-0.1, -0.05) is 11.6 Å². The number of benzene rings is 1. The first-order chi connectivity index (χ1) is 19.2. The van der Waals surface area contributed by atoms with Crippen LogP contribution in [-0.4, -0.2) is 57.7 Å². The highest BCUT2D eigenvalue weighted by Gasteiger charge is 2.46. The molecule has 2 aromatic heterocycles. The molecule has 2 fully saturated rings. The van der Waals surface area contributed by atoms with Gasteiger partial charge in [0.2, 0.25) is 0 Å². The van der Waals surface area contributed by atoms with Crippen LogP contribution < -0.4 is 5.56 Å². The number of hydrogen-bond acceptors (Lipinski definition) is 6. The highest BCUT2D eigenvalue weighted by Crippen LogP contribution is 2.47. The van der Waals surface area contributed by atoms with Crippen molar-refractivity contribution in [3.8, 4) is 0 Å². The van der Waals surface area contributed by atoms with Crippen molar-refractivity contribution in [2.24, 2.45) is 12.5 Å². The number of likely N-dealkylation sites (tertiary alicyclic amines) is 1. The largest absolute Gasteiger partial charge is 0.417 e. The van der Waals surface area contributed by atoms with Gasteiger partial charge < -0.3 is 14.2 Å². The molecule has 1 atom stereocenters. The number of nitrogens with zero attached hydrogens (tertiary/aromatic N) is 5. The topological polar surface area (TPSA) is 63.5 Å². The summed E-state index contributed by atoms with van der Waals surface area (Å²) in [7, 11) is 3.49. The van der Waals surface area contributed by atoms with E-state index < -0.39 is 11.7 Å². The fourth-order valence-corrected chi connectivity index (χ4v) is 6.68. The Kier molecular flexibility index (Phi) is 6.94. The molecule has 6 rings (SSSR count). The van der Waals surface area contributed by atoms with Gasteiger partial charge in [0, 0.05) is 69.8 Å². The molecule has 2 aliphatic heterocycles. The zero-order valence-electron chi connectivity index (χ0n) is 22.9. The molecule has 3 aromatic rings. The number of ether oxygens (including phenoxy) is 1. The average molecular weight is 554 g/mol. The molecule has 1 aromatic carbocycles. The summed E-state index contributed by atoms with van der Waals surface area (Å²) in [5, 5.41) is 0. The normalized spacial score (nSPS) is 21.5. The van der Waals surface area contributed by atoms with Gasteiger partial charge in [0.15, 0.2) is 0 Å². The lowest BCUT2D eigenvalue weighted by atomic mass is 9.75. The Morgan fingerprint density at radius 2 is 1.93 bits per heavy atom. The smallest absolute Gasteiger partial charge is 0.384 e. The Balaban J connectivity index is 1.28. The first kappa shape index (κ1) is 27.0. The zero-order valence-corrected chi connectivity index (χ0v) is 22.9. The lowest BCUT2D eigenvalue weighted by Crippen LogP contribution is -2.44. The van der Waals surface area contributed by atoms with Gasteiger partial charge in [0.1, 0.15) is 0 Å². The minimum atomic E-state index is -4.41. The van der Waals surface area contributed by atoms with Crippen LogP contribution in [0.3, 0.4) is 0 Å². The van der Waals surface area contributed by atoms with E-state index in [1.165, 1.54) is 23.5 Å². The quantitative estimate of drug-likeness (QED) is 0.442. The number of pyridine rings is 1. The maximum absolute atomic E-state index is 13.5. The second-order valence-corrected chi connectivity index (χ2v) is 11.5. The van der Waals surface area contributed by atoms with Gasteiger partial charge in [-0.2, -0.15) is 13.2 Å². The van der Waals surface area contributed by atoms with Crippen LogP contribution in [0.15, 0.2) is 52.7 Å². The SMILES string of the molecule is COCC1(C(=C2CCC2)N2CCc3ncc(C(F)(F)F)cc3C2)CCN(Cc2ccc3ncc(=O)n(C)c3c2)C1. The van der Waals surface area contributed by atoms with Crippen LogP contribution >= 0.6 is 0 Å². The highest BCUT2D eigenvalue weighted by atomic mass is 19.4. The monoisotopic (exact) mass is 553 g/mol. The van der Waals surface area contributed by atoms with Crippen molar-refractivity contribution in [3.05, 3.63) is 80.7 Å². The summed E-state index contributed by atoms with van der Waals surface area (Å²) in [5.74, 6) is 0. The van der Waals surface area contributed by atoms with Crippen LogP contribution in [0.5, 0.6) is 0 Å². The third-order valence-corrected chi connectivity index (χ3v) is 8.78. The van der Waals surface area contributed by atoms with Crippen molar-refractivity contribution in [3.63, 3.8) is 0 Å². The minimum Gasteiger partial charge on any atom is -0.384 e. The van der Waals surface area contributed by atoms with Crippen LogP contribution in [-0.2, 0) is 37.5 Å². The third kappa shape index (κ3) is 4.92. The molecule has 7 nitrogen and oxygen atoms in total. The number of hydrogen-bond donors (Lipinski definition) is 0. The number of halogens is 3. The molecular weight excluding hydrogens is 519 g/mol. The van der Waals surface area contributed by atoms with Crippen molar-refractivity contribution < 1.29 is 17.9 Å². The van der Waals surface area contributed by atoms with Crippen molar-refractivity contribution in [1.29, 1.82) is 0 Å². The molecule has 0 bridgehead atoms. The Hall–Kier alpha value is -3.24. The molecule has 40 heavy (non-hydrogen) atoms. The van der Waals surface area contributed by atoms with Gasteiger partial charge in [-0.25, -0.2) is 4.98 Å². The molecular formula is C30H34F3N5O2. The Labute approximate surface area is 231 Å². The zero-order chi connectivity index (χ0) is 28.1. The van der Waals surface area contributed by atoms with Crippen molar-refractivity contribution in [2.75, 3.05) is 33.4 Å². The maximum atomic E-state index is 13.5. The van der Waals surface area contributed by atoms with E-state index in [4.69, 9.17) is 4.74 Å². The standard InChI is InChI=1S/C30H34F3N5O2/c1-36-26-12-20(6-7-25(26)35-15-27(36)39)16-37-11-9-29(18-37,19-40-2)28(21-4-3-5-21)38-10-8-24-22(17-38)13-23(14-34-24)30(31,32)33/h6-7,12-15H,3-5,8-11,16-19H2,1-2H3. The van der Waals surface area contributed by atoms with E-state index in [1.54, 1.807) is 18.7 Å². The van der Waals surface area contributed by atoms with Gasteiger partial charge in [0.05, 0.1) is 29.4 Å². The molecule has 0 radical (unpaired) electrons. The fourth-order valence-electron chi connectivity index (χ4n) is 6.68. The summed E-state index contributed by atoms with van der Waals surface area (Å²) >= 11 is 0. The summed E-state index contributed by atoms with van der Waals surface area (Å²) in [6.07, 6.45) is 2.62. The Morgan fingerprint density at radius 3 is 2.65 bits per heavy atom. The van der Waals surface area contributed by atoms with Crippen molar-refractivity contribution >= 4 is 11.0 Å². The second-order valence-electron chi connectivity index (χ2n) is 11.5. The first-order valence-electron chi connectivity index (χ1n) is 13.9. The molecule has 3 aliphatic rings. The van der Waals surface area contributed by atoms with E-state index in [0.29, 0.717) is 25.1 Å². The Bertz CT molecular complexity index is 1530. The van der Waals surface area contributed by atoms with E-state index >= 15 is 0 Å². The number of aryl methyl sites for hydroxylation is 1. The predicted molar refractivity (Wildman–Crippen MR) is 145 cm³/mol. The molecule has 1 unspecified atom stereocenters. The van der Waals surface area contributed by atoms with Crippen LogP contribution in [0.25, 0.3) is 11.0 Å². The molecule has 1 saturated heterocycles. The summed E-state index contributed by atoms with van der Waals surface area (Å²) in [4.78, 5) is 25.3. The van der Waals surface area contributed by atoms with Crippen LogP contribution in [0.2, 0.25) is 0 Å². The molecule has 0 N–H and O–H groups in total. The molecule has 1 saturated carbocycles. The second kappa shape index (κ2) is 10.3. The maximum Gasteiger partial charge on any atom is 0.417 e. The van der Waals surface area contributed by atoms with Crippen LogP contribution in [0.4, 0.5) is 13.2 Å². The number of methoxy groups -OCH3 is 1. The number of alkyl halides is 3.